The third-order valence-corrected chi connectivity index (χ3v) is 5.56. The molecule has 6 heteroatoms. The fraction of sp³-hybridized carbons (Fsp3) is 0.120. The van der Waals surface area contributed by atoms with Crippen LogP contribution in [0.25, 0.3) is 10.9 Å². The van der Waals surface area contributed by atoms with Crippen LogP contribution in [-0.4, -0.2) is 18.0 Å². The number of amides is 1. The van der Waals surface area contributed by atoms with E-state index in [2.05, 4.69) is 4.98 Å². The number of aryl methyl sites for hydroxylation is 1. The molecule has 0 saturated carbocycles. The Morgan fingerprint density at radius 3 is 2.48 bits per heavy atom. The quantitative estimate of drug-likeness (QED) is 0.462. The van der Waals surface area contributed by atoms with Crippen molar-refractivity contribution in [3.8, 4) is 5.75 Å². The van der Waals surface area contributed by atoms with Crippen molar-refractivity contribution >= 4 is 34.1 Å². The number of rotatable bonds is 5. The monoisotopic (exact) mass is 432 g/mol. The number of anilines is 1. The Hall–Kier alpha value is -3.57. The lowest BCUT2D eigenvalue weighted by atomic mass is 10.1. The molecule has 4 aromatic rings. The third kappa shape index (κ3) is 4.18. The summed E-state index contributed by atoms with van der Waals surface area (Å²) >= 11 is 6.29. The molecule has 1 N–H and O–H groups in total. The molecule has 0 radical (unpaired) electrons. The van der Waals surface area contributed by atoms with Crippen LogP contribution in [-0.2, 0) is 6.54 Å². The van der Waals surface area contributed by atoms with Crippen LogP contribution < -0.4 is 15.2 Å². The fourth-order valence-corrected chi connectivity index (χ4v) is 3.76. The summed E-state index contributed by atoms with van der Waals surface area (Å²) in [5.74, 6) is 0.382. The Bertz CT molecular complexity index is 1310. The molecular weight excluding hydrogens is 412 g/mol. The molecule has 3 aromatic carbocycles. The number of para-hydroxylation sites is 1. The SMILES string of the molecule is COc1ccc(N(Cc2cc3cccc(C)c3[nH]c2=O)C(=O)c2ccccc2Cl)cc1. The molecule has 1 amide bonds. The zero-order chi connectivity index (χ0) is 22.0. The number of aromatic amines is 1. The van der Waals surface area contributed by atoms with Gasteiger partial charge in [-0.25, -0.2) is 0 Å². The van der Waals surface area contributed by atoms with Crippen LogP contribution in [0.4, 0.5) is 5.69 Å². The first-order valence-electron chi connectivity index (χ1n) is 9.80. The highest BCUT2D eigenvalue weighted by Crippen LogP contribution is 2.26. The van der Waals surface area contributed by atoms with Gasteiger partial charge < -0.3 is 14.6 Å². The highest BCUT2D eigenvalue weighted by molar-refractivity contribution is 6.34. The number of pyridine rings is 1. The van der Waals surface area contributed by atoms with E-state index in [1.54, 1.807) is 60.5 Å². The van der Waals surface area contributed by atoms with Crippen LogP contribution in [0.3, 0.4) is 0 Å². The zero-order valence-corrected chi connectivity index (χ0v) is 17.9. The van der Waals surface area contributed by atoms with Crippen molar-refractivity contribution in [1.82, 2.24) is 4.98 Å². The summed E-state index contributed by atoms with van der Waals surface area (Å²) in [4.78, 5) is 30.8. The van der Waals surface area contributed by atoms with Gasteiger partial charge >= 0.3 is 0 Å². The van der Waals surface area contributed by atoms with Gasteiger partial charge in [0.1, 0.15) is 5.75 Å². The van der Waals surface area contributed by atoms with Crippen LogP contribution in [0.1, 0.15) is 21.5 Å². The molecule has 156 valence electrons. The highest BCUT2D eigenvalue weighted by atomic mass is 35.5. The van der Waals surface area contributed by atoms with Crippen molar-refractivity contribution in [1.29, 1.82) is 0 Å². The lowest BCUT2D eigenvalue weighted by Crippen LogP contribution is -2.33. The van der Waals surface area contributed by atoms with Gasteiger partial charge in [0.2, 0.25) is 0 Å². The molecule has 5 nitrogen and oxygen atoms in total. The fourth-order valence-electron chi connectivity index (χ4n) is 3.54. The van der Waals surface area contributed by atoms with Crippen molar-refractivity contribution in [3.63, 3.8) is 0 Å². The molecule has 0 unspecified atom stereocenters. The number of nitrogens with zero attached hydrogens (tertiary/aromatic N) is 1. The van der Waals surface area contributed by atoms with Gasteiger partial charge in [-0.2, -0.15) is 0 Å². The van der Waals surface area contributed by atoms with Crippen LogP contribution in [0.5, 0.6) is 5.75 Å². The number of ether oxygens (including phenoxy) is 1. The molecule has 1 aromatic heterocycles. The van der Waals surface area contributed by atoms with Gasteiger partial charge in [0.05, 0.1) is 29.8 Å². The molecule has 0 aliphatic rings. The molecule has 1 heterocycles. The van der Waals surface area contributed by atoms with E-state index >= 15 is 0 Å². The maximum atomic E-state index is 13.5. The number of hydrogen-bond acceptors (Lipinski definition) is 3. The van der Waals surface area contributed by atoms with E-state index in [9.17, 15) is 9.59 Å². The highest BCUT2D eigenvalue weighted by Gasteiger charge is 2.22. The number of nitrogens with one attached hydrogen (secondary N) is 1. The van der Waals surface area contributed by atoms with Gasteiger partial charge in [0, 0.05) is 11.3 Å². The van der Waals surface area contributed by atoms with E-state index in [1.807, 2.05) is 31.2 Å². The Labute approximate surface area is 184 Å². The maximum absolute atomic E-state index is 13.5. The summed E-state index contributed by atoms with van der Waals surface area (Å²) in [7, 11) is 1.58. The van der Waals surface area contributed by atoms with E-state index in [4.69, 9.17) is 16.3 Å². The first-order chi connectivity index (χ1) is 15.0. The molecule has 0 bridgehead atoms. The standard InChI is InChI=1S/C25H21ClN2O3/c1-16-6-5-7-17-14-18(24(29)27-23(16)17)15-28(19-10-12-20(31-2)13-11-19)25(30)21-8-3-4-9-22(21)26/h3-14H,15H2,1-2H3,(H,27,29). The Morgan fingerprint density at radius 2 is 1.77 bits per heavy atom. The summed E-state index contributed by atoms with van der Waals surface area (Å²) < 4.78 is 5.23. The predicted molar refractivity (Wildman–Crippen MR) is 124 cm³/mol. The number of carbonyl (C=O) groups is 1. The van der Waals surface area contributed by atoms with Crippen molar-refractivity contribution < 1.29 is 9.53 Å². The first kappa shape index (κ1) is 20.7. The first-order valence-corrected chi connectivity index (χ1v) is 10.2. The maximum Gasteiger partial charge on any atom is 0.260 e. The second-order valence-corrected chi connectivity index (χ2v) is 7.64. The predicted octanol–water partition coefficient (Wildman–Crippen LogP) is 5.35. The number of H-pyrrole nitrogens is 1. The topological polar surface area (TPSA) is 62.4 Å². The van der Waals surface area contributed by atoms with E-state index in [1.165, 1.54) is 0 Å². The molecule has 0 aliphatic carbocycles. The Morgan fingerprint density at radius 1 is 1.03 bits per heavy atom. The number of methoxy groups -OCH3 is 1. The van der Waals surface area contributed by atoms with Gasteiger partial charge in [-0.15, -0.1) is 0 Å². The van der Waals surface area contributed by atoms with Crippen molar-refractivity contribution in [2.45, 2.75) is 13.5 Å². The van der Waals surface area contributed by atoms with Crippen LogP contribution in [0.15, 0.2) is 77.6 Å². The number of fused-ring (bicyclic) bond motifs is 1. The third-order valence-electron chi connectivity index (χ3n) is 5.23. The van der Waals surface area contributed by atoms with E-state index in [0.29, 0.717) is 27.6 Å². The van der Waals surface area contributed by atoms with Crippen LogP contribution in [0.2, 0.25) is 5.02 Å². The zero-order valence-electron chi connectivity index (χ0n) is 17.2. The van der Waals surface area contributed by atoms with Gasteiger partial charge in [-0.3, -0.25) is 9.59 Å². The molecule has 0 aliphatic heterocycles. The normalized spacial score (nSPS) is 10.8. The average molecular weight is 433 g/mol. The van der Waals surface area contributed by atoms with Gasteiger partial charge in [0.25, 0.3) is 11.5 Å². The largest absolute Gasteiger partial charge is 0.497 e. The van der Waals surface area contributed by atoms with Crippen molar-refractivity contribution in [2.75, 3.05) is 12.0 Å². The number of hydrogen-bond donors (Lipinski definition) is 1. The number of carbonyl (C=O) groups excluding carboxylic acids is 1. The van der Waals surface area contributed by atoms with E-state index < -0.39 is 0 Å². The Balaban J connectivity index is 1.80. The van der Waals surface area contributed by atoms with Crippen molar-refractivity contribution in [2.24, 2.45) is 0 Å². The molecule has 0 fully saturated rings. The number of benzene rings is 3. The molecule has 4 rings (SSSR count). The average Bonchev–Trinajstić information content (AvgIpc) is 2.78. The van der Waals surface area contributed by atoms with Gasteiger partial charge in [-0.1, -0.05) is 41.9 Å². The van der Waals surface area contributed by atoms with Crippen LogP contribution >= 0.6 is 11.6 Å². The second kappa shape index (κ2) is 8.66. The minimum atomic E-state index is -0.292. The molecular formula is C25H21ClN2O3. The second-order valence-electron chi connectivity index (χ2n) is 7.23. The molecule has 0 atom stereocenters. The summed E-state index contributed by atoms with van der Waals surface area (Å²) in [5, 5.41) is 1.27. The minimum absolute atomic E-state index is 0.0929. The molecule has 31 heavy (non-hydrogen) atoms. The lowest BCUT2D eigenvalue weighted by Gasteiger charge is -2.24. The molecule has 0 spiro atoms. The summed E-state index contributed by atoms with van der Waals surface area (Å²) in [6.45, 7) is 2.04. The lowest BCUT2D eigenvalue weighted by molar-refractivity contribution is 0.0985. The summed E-state index contributed by atoms with van der Waals surface area (Å²) in [6.07, 6.45) is 0. The smallest absolute Gasteiger partial charge is 0.260 e. The van der Waals surface area contributed by atoms with E-state index in [-0.39, 0.29) is 18.0 Å². The van der Waals surface area contributed by atoms with Gasteiger partial charge in [-0.05, 0) is 60.3 Å². The molecule has 0 saturated heterocycles. The number of halogens is 1. The van der Waals surface area contributed by atoms with Gasteiger partial charge in [0.15, 0.2) is 0 Å². The van der Waals surface area contributed by atoms with E-state index in [0.717, 1.165) is 16.5 Å². The van der Waals surface area contributed by atoms with Crippen LogP contribution in [0, 0.1) is 6.92 Å². The van der Waals surface area contributed by atoms with Crippen molar-refractivity contribution in [3.05, 3.63) is 105 Å². The Kier molecular flexibility index (Phi) is 5.78. The summed E-state index contributed by atoms with van der Waals surface area (Å²) in [5.41, 5.74) is 3.04. The minimum Gasteiger partial charge on any atom is -0.497 e. The summed E-state index contributed by atoms with van der Waals surface area (Å²) in [6, 6.07) is 21.7. The number of aromatic nitrogens is 1.